The van der Waals surface area contributed by atoms with E-state index in [-0.39, 0.29) is 17.8 Å². The van der Waals surface area contributed by atoms with Gasteiger partial charge in [-0.1, -0.05) is 25.7 Å². The Hall–Kier alpha value is -3.76. The van der Waals surface area contributed by atoms with Crippen molar-refractivity contribution in [3.63, 3.8) is 0 Å². The minimum atomic E-state index is -0.922. The Labute approximate surface area is 228 Å². The summed E-state index contributed by atoms with van der Waals surface area (Å²) in [6.45, 7) is 10.6. The van der Waals surface area contributed by atoms with Gasteiger partial charge in [-0.2, -0.15) is 0 Å². The van der Waals surface area contributed by atoms with Gasteiger partial charge in [-0.25, -0.2) is 0 Å². The van der Waals surface area contributed by atoms with Gasteiger partial charge in [0.2, 0.25) is 5.78 Å². The Kier molecular flexibility index (Phi) is 8.98. The molecule has 39 heavy (non-hydrogen) atoms. The maximum absolute atomic E-state index is 13.8. The number of nitro benzene ring substituents is 1. The summed E-state index contributed by atoms with van der Waals surface area (Å²) >= 11 is 0. The molecular weight excluding hydrogens is 502 g/mol. The minimum Gasteiger partial charge on any atom is -0.872 e. The number of benzene rings is 2. The molecule has 2 heterocycles. The third kappa shape index (κ3) is 6.46. The molecule has 2 saturated heterocycles. The summed E-state index contributed by atoms with van der Waals surface area (Å²) in [5.41, 5.74) is 1.18. The first-order valence-corrected chi connectivity index (χ1v) is 13.3. The smallest absolute Gasteiger partial charge is 0.295 e. The molecule has 2 aromatic carbocycles. The Morgan fingerprint density at radius 1 is 1.15 bits per heavy atom. The summed E-state index contributed by atoms with van der Waals surface area (Å²) in [7, 11) is 0. The third-order valence-corrected chi connectivity index (χ3v) is 7.10. The Balaban J connectivity index is 1.68. The zero-order valence-electron chi connectivity index (χ0n) is 22.6. The number of non-ortho nitro benzene ring substituents is 1. The molecule has 1 amide bonds. The van der Waals surface area contributed by atoms with Gasteiger partial charge in [0.15, 0.2) is 0 Å². The molecule has 1 N–H and O–H groups in total. The molecule has 2 aliphatic heterocycles. The number of ether oxygens (including phenoxy) is 2. The van der Waals surface area contributed by atoms with Crippen LogP contribution in [0.15, 0.2) is 48.0 Å². The van der Waals surface area contributed by atoms with Gasteiger partial charge in [-0.15, -0.1) is 0 Å². The normalized spacial score (nSPS) is 19.6. The van der Waals surface area contributed by atoms with Crippen LogP contribution in [-0.2, 0) is 14.3 Å². The van der Waals surface area contributed by atoms with Gasteiger partial charge >= 0.3 is 0 Å². The second-order valence-corrected chi connectivity index (χ2v) is 10.5. The number of hydrogen-bond donors (Lipinski definition) is 1. The number of amides is 1. The van der Waals surface area contributed by atoms with E-state index in [4.69, 9.17) is 9.47 Å². The second kappa shape index (κ2) is 12.4. The highest BCUT2D eigenvalue weighted by atomic mass is 16.6. The summed E-state index contributed by atoms with van der Waals surface area (Å²) in [5, 5.41) is 25.0. The van der Waals surface area contributed by atoms with Crippen LogP contribution in [0.1, 0.15) is 43.0 Å². The predicted molar refractivity (Wildman–Crippen MR) is 142 cm³/mol. The number of rotatable bonds is 10. The molecule has 0 bridgehead atoms. The van der Waals surface area contributed by atoms with Crippen molar-refractivity contribution in [1.82, 2.24) is 4.90 Å². The van der Waals surface area contributed by atoms with E-state index in [9.17, 15) is 24.8 Å². The first kappa shape index (κ1) is 28.3. The zero-order chi connectivity index (χ0) is 28.1. The summed E-state index contributed by atoms with van der Waals surface area (Å²) in [4.78, 5) is 40.0. The van der Waals surface area contributed by atoms with Crippen molar-refractivity contribution in [2.45, 2.75) is 33.2 Å². The summed E-state index contributed by atoms with van der Waals surface area (Å²) in [6.07, 6.45) is 0.639. The van der Waals surface area contributed by atoms with Gasteiger partial charge in [-0.3, -0.25) is 19.7 Å². The van der Waals surface area contributed by atoms with Crippen molar-refractivity contribution in [3.8, 4) is 5.75 Å². The molecule has 2 fully saturated rings. The fraction of sp³-hybridized carbons (Fsp3) is 0.448. The van der Waals surface area contributed by atoms with Gasteiger partial charge in [0, 0.05) is 30.7 Å². The highest BCUT2D eigenvalue weighted by Crippen LogP contribution is 2.39. The first-order valence-electron chi connectivity index (χ1n) is 13.3. The number of morpholine rings is 1. The number of likely N-dealkylation sites (tertiary alicyclic amines) is 1. The average molecular weight is 538 g/mol. The number of nitro groups is 1. The van der Waals surface area contributed by atoms with Gasteiger partial charge in [0.05, 0.1) is 37.3 Å². The predicted octanol–water partition coefficient (Wildman–Crippen LogP) is 1.47. The lowest BCUT2D eigenvalue weighted by atomic mass is 9.93. The highest BCUT2D eigenvalue weighted by molar-refractivity contribution is 6.46. The van der Waals surface area contributed by atoms with Crippen LogP contribution in [-0.4, -0.2) is 67.5 Å². The van der Waals surface area contributed by atoms with E-state index in [1.165, 1.54) is 34.1 Å². The van der Waals surface area contributed by atoms with Crippen molar-refractivity contribution >= 4 is 23.1 Å². The van der Waals surface area contributed by atoms with Crippen LogP contribution in [0.5, 0.6) is 5.75 Å². The van der Waals surface area contributed by atoms with Crippen molar-refractivity contribution < 1.29 is 34.0 Å². The molecule has 0 aromatic heterocycles. The molecule has 1 atom stereocenters. The van der Waals surface area contributed by atoms with E-state index in [1.54, 1.807) is 25.1 Å². The zero-order valence-corrected chi connectivity index (χ0v) is 22.6. The second-order valence-electron chi connectivity index (χ2n) is 10.5. The molecule has 1 unspecified atom stereocenters. The topological polar surface area (TPSA) is 126 Å². The van der Waals surface area contributed by atoms with Gasteiger partial charge in [-0.05, 0) is 53.8 Å². The number of ketones is 1. The quantitative estimate of drug-likeness (QED) is 0.160. The number of carbonyl (C=O) groups is 2. The number of hydrogen-bond acceptors (Lipinski definition) is 7. The van der Waals surface area contributed by atoms with Crippen molar-refractivity contribution in [2.24, 2.45) is 5.92 Å². The molecule has 0 saturated carbocycles. The molecule has 4 rings (SSSR count). The number of carbonyl (C=O) groups excluding carboxylic acids is 2. The largest absolute Gasteiger partial charge is 0.872 e. The van der Waals surface area contributed by atoms with Crippen LogP contribution in [0, 0.1) is 23.0 Å². The SMILES string of the molecule is Cc1cc(OCC(C)C)ccc1C([O-])=C1C(=O)C(=O)N(CCC[NH+]2CCOCC2)C1c1ccc([N+](=O)[O-])cc1. The van der Waals surface area contributed by atoms with Crippen LogP contribution in [0.4, 0.5) is 5.69 Å². The fourth-order valence-corrected chi connectivity index (χ4v) is 5.02. The lowest BCUT2D eigenvalue weighted by Gasteiger charge is -2.29. The molecule has 208 valence electrons. The van der Waals surface area contributed by atoms with E-state index in [0.717, 1.165) is 19.6 Å². The van der Waals surface area contributed by atoms with E-state index in [2.05, 4.69) is 0 Å². The van der Waals surface area contributed by atoms with Crippen molar-refractivity contribution in [1.29, 1.82) is 0 Å². The van der Waals surface area contributed by atoms with Gasteiger partial charge < -0.3 is 24.4 Å². The van der Waals surface area contributed by atoms with E-state index in [1.807, 2.05) is 13.8 Å². The van der Waals surface area contributed by atoms with Crippen LogP contribution >= 0.6 is 0 Å². The van der Waals surface area contributed by atoms with Crippen LogP contribution in [0.25, 0.3) is 5.76 Å². The molecular formula is C29H35N3O7. The molecule has 0 aliphatic carbocycles. The first-order chi connectivity index (χ1) is 18.7. The van der Waals surface area contributed by atoms with E-state index in [0.29, 0.717) is 54.6 Å². The summed E-state index contributed by atoms with van der Waals surface area (Å²) in [5.74, 6) is -1.13. The van der Waals surface area contributed by atoms with E-state index < -0.39 is 28.4 Å². The van der Waals surface area contributed by atoms with Crippen LogP contribution < -0.4 is 14.7 Å². The van der Waals surface area contributed by atoms with E-state index >= 15 is 0 Å². The summed E-state index contributed by atoms with van der Waals surface area (Å²) < 4.78 is 11.2. The standard InChI is InChI=1S/C29H35N3O7/c1-19(2)18-39-23-9-10-24(20(3)17-23)27(33)25-26(21-5-7-22(8-6-21)32(36)37)31(29(35)28(25)34)12-4-11-30-13-15-38-16-14-30/h5-10,17,19,26,33H,4,11-16,18H2,1-3H3. The summed E-state index contributed by atoms with van der Waals surface area (Å²) in [6, 6.07) is 9.81. The van der Waals surface area contributed by atoms with Gasteiger partial charge in [0.1, 0.15) is 18.8 Å². The number of nitrogens with zero attached hydrogens (tertiary/aromatic N) is 2. The lowest BCUT2D eigenvalue weighted by Crippen LogP contribution is -3.14. The molecule has 0 radical (unpaired) electrons. The number of aryl methyl sites for hydroxylation is 1. The maximum Gasteiger partial charge on any atom is 0.295 e. The molecule has 2 aliphatic rings. The number of quaternary nitrogens is 1. The third-order valence-electron chi connectivity index (χ3n) is 7.10. The number of nitrogens with one attached hydrogen (secondary N) is 1. The Morgan fingerprint density at radius 2 is 1.85 bits per heavy atom. The van der Waals surface area contributed by atoms with Crippen LogP contribution in [0.3, 0.4) is 0 Å². The monoisotopic (exact) mass is 537 g/mol. The molecule has 10 heteroatoms. The lowest BCUT2D eigenvalue weighted by molar-refractivity contribution is -0.908. The molecule has 2 aromatic rings. The fourth-order valence-electron chi connectivity index (χ4n) is 5.02. The van der Waals surface area contributed by atoms with Crippen molar-refractivity contribution in [2.75, 3.05) is 46.0 Å². The average Bonchev–Trinajstić information content (AvgIpc) is 3.17. The minimum absolute atomic E-state index is 0.113. The highest BCUT2D eigenvalue weighted by Gasteiger charge is 2.44. The molecule has 0 spiro atoms. The van der Waals surface area contributed by atoms with Crippen LogP contribution in [0.2, 0.25) is 0 Å². The Morgan fingerprint density at radius 3 is 2.46 bits per heavy atom. The molecule has 10 nitrogen and oxygen atoms in total. The van der Waals surface area contributed by atoms with Crippen molar-refractivity contribution in [3.05, 3.63) is 74.8 Å². The number of Topliss-reactive ketones (excluding diaryl/α,β-unsaturated/α-hetero) is 1. The Bertz CT molecular complexity index is 1250. The maximum atomic E-state index is 13.8. The van der Waals surface area contributed by atoms with Gasteiger partial charge in [0.25, 0.3) is 11.6 Å².